The topological polar surface area (TPSA) is 75.6 Å². The Kier molecular flexibility index (Phi) is 6.25. The van der Waals surface area contributed by atoms with Crippen molar-refractivity contribution in [1.29, 1.82) is 0 Å². The van der Waals surface area contributed by atoms with Crippen LogP contribution in [0.1, 0.15) is 25.7 Å². The molecule has 8 heteroatoms. The first-order valence-corrected chi connectivity index (χ1v) is 6.46. The molecule has 0 heterocycles. The number of alkyl halides is 3. The van der Waals surface area contributed by atoms with Crippen LogP contribution in [0.4, 0.5) is 13.2 Å². The van der Waals surface area contributed by atoms with E-state index in [0.29, 0.717) is 12.8 Å². The van der Waals surface area contributed by atoms with E-state index in [1.807, 2.05) is 0 Å². The van der Waals surface area contributed by atoms with Gasteiger partial charge in [-0.15, -0.1) is 0 Å². The van der Waals surface area contributed by atoms with E-state index in [4.69, 9.17) is 9.84 Å². The molecule has 0 saturated heterocycles. The minimum absolute atomic E-state index is 0.00713. The quantitative estimate of drug-likeness (QED) is 0.730. The molecule has 0 spiro atoms. The van der Waals surface area contributed by atoms with Crippen LogP contribution in [0.5, 0.6) is 0 Å². The third-order valence-electron chi connectivity index (χ3n) is 3.29. The second-order valence-corrected chi connectivity index (χ2v) is 4.78. The number of halogens is 3. The normalized spacial score (nSPS) is 23.4. The summed E-state index contributed by atoms with van der Waals surface area (Å²) in [4.78, 5) is 21.9. The molecule has 1 rings (SSSR count). The first kappa shape index (κ1) is 16.7. The molecule has 5 nitrogen and oxygen atoms in total. The average Bonchev–Trinajstić information content (AvgIpc) is 2.36. The fraction of sp³-hybridized carbons (Fsp3) is 0.833. The number of ether oxygens (including phenoxy) is 1. The zero-order chi connectivity index (χ0) is 15.2. The van der Waals surface area contributed by atoms with Gasteiger partial charge < -0.3 is 15.2 Å². The lowest BCUT2D eigenvalue weighted by atomic mass is 9.78. The summed E-state index contributed by atoms with van der Waals surface area (Å²) in [5.74, 6) is -4.41. The summed E-state index contributed by atoms with van der Waals surface area (Å²) in [6, 6.07) is 0. The number of carboxylic acids is 1. The van der Waals surface area contributed by atoms with Gasteiger partial charge in [0.15, 0.2) is 0 Å². The molecule has 2 N–H and O–H groups in total. The van der Waals surface area contributed by atoms with Gasteiger partial charge in [0, 0.05) is 12.5 Å². The van der Waals surface area contributed by atoms with Crippen molar-refractivity contribution in [3.8, 4) is 0 Å². The van der Waals surface area contributed by atoms with Crippen LogP contribution in [0.2, 0.25) is 0 Å². The van der Waals surface area contributed by atoms with Gasteiger partial charge in [-0.05, 0) is 12.8 Å². The van der Waals surface area contributed by atoms with E-state index in [-0.39, 0.29) is 26.0 Å². The van der Waals surface area contributed by atoms with Gasteiger partial charge in [0.2, 0.25) is 5.91 Å². The van der Waals surface area contributed by atoms with Gasteiger partial charge >= 0.3 is 12.1 Å². The summed E-state index contributed by atoms with van der Waals surface area (Å²) in [5.41, 5.74) is 0. The fourth-order valence-corrected chi connectivity index (χ4v) is 2.37. The van der Waals surface area contributed by atoms with Crippen LogP contribution in [0, 0.1) is 11.8 Å². The summed E-state index contributed by atoms with van der Waals surface area (Å²) in [7, 11) is 0. The summed E-state index contributed by atoms with van der Waals surface area (Å²) in [6.07, 6.45) is -3.05. The molecule has 1 aliphatic carbocycles. The minimum Gasteiger partial charge on any atom is -0.480 e. The summed E-state index contributed by atoms with van der Waals surface area (Å²) in [5, 5.41) is 10.7. The van der Waals surface area contributed by atoms with E-state index >= 15 is 0 Å². The Morgan fingerprint density at radius 1 is 1.25 bits per heavy atom. The zero-order valence-corrected chi connectivity index (χ0v) is 10.9. The molecule has 1 fully saturated rings. The molecule has 0 aromatic heterocycles. The van der Waals surface area contributed by atoms with E-state index in [9.17, 15) is 22.8 Å². The minimum atomic E-state index is -4.36. The third-order valence-corrected chi connectivity index (χ3v) is 3.29. The van der Waals surface area contributed by atoms with Crippen molar-refractivity contribution in [2.24, 2.45) is 11.8 Å². The number of hydrogen-bond donors (Lipinski definition) is 2. The highest BCUT2D eigenvalue weighted by Gasteiger charge is 2.47. The Hall–Kier alpha value is -1.31. The molecule has 1 amide bonds. The molecule has 1 aliphatic rings. The van der Waals surface area contributed by atoms with Crippen LogP contribution in [-0.2, 0) is 14.3 Å². The highest BCUT2D eigenvalue weighted by Crippen LogP contribution is 2.41. The molecule has 2 unspecified atom stereocenters. The van der Waals surface area contributed by atoms with E-state index in [2.05, 4.69) is 5.32 Å². The lowest BCUT2D eigenvalue weighted by Crippen LogP contribution is -2.43. The van der Waals surface area contributed by atoms with Gasteiger partial charge in [-0.25, -0.2) is 4.79 Å². The van der Waals surface area contributed by atoms with Crippen molar-refractivity contribution < 1.29 is 32.6 Å². The number of carboxylic acid groups (broad SMARTS) is 1. The zero-order valence-electron chi connectivity index (χ0n) is 10.9. The number of hydrogen-bond acceptors (Lipinski definition) is 3. The number of aliphatic carboxylic acids is 1. The van der Waals surface area contributed by atoms with E-state index in [1.165, 1.54) is 0 Å². The summed E-state index contributed by atoms with van der Waals surface area (Å²) in [6.45, 7) is -0.529. The lowest BCUT2D eigenvalue weighted by Gasteiger charge is -2.31. The Morgan fingerprint density at radius 2 is 1.90 bits per heavy atom. The second-order valence-electron chi connectivity index (χ2n) is 4.78. The fourth-order valence-electron chi connectivity index (χ4n) is 2.37. The van der Waals surface area contributed by atoms with Gasteiger partial charge in [-0.1, -0.05) is 12.8 Å². The standard InChI is InChI=1S/C12H18F3NO4/c13-12(14,15)9-4-2-1-3-8(9)11(19)16-5-6-20-7-10(17)18/h8-9H,1-7H2,(H,16,19)(H,17,18). The van der Waals surface area contributed by atoms with Gasteiger partial charge in [0.05, 0.1) is 12.5 Å². The van der Waals surface area contributed by atoms with Crippen LogP contribution in [0.15, 0.2) is 0 Å². The predicted octanol–water partition coefficient (Wildman–Crippen LogP) is 1.57. The number of carbonyl (C=O) groups is 2. The Bertz CT molecular complexity index is 346. The maximum absolute atomic E-state index is 12.8. The van der Waals surface area contributed by atoms with Crippen LogP contribution in [0.25, 0.3) is 0 Å². The second kappa shape index (κ2) is 7.47. The van der Waals surface area contributed by atoms with Crippen LogP contribution in [0.3, 0.4) is 0 Å². The van der Waals surface area contributed by atoms with Crippen molar-refractivity contribution >= 4 is 11.9 Å². The third kappa shape index (κ3) is 5.36. The molecule has 0 aromatic carbocycles. The first-order valence-electron chi connectivity index (χ1n) is 6.46. The average molecular weight is 297 g/mol. The maximum Gasteiger partial charge on any atom is 0.392 e. The molecule has 0 bridgehead atoms. The molecular formula is C12H18F3NO4. The van der Waals surface area contributed by atoms with Gasteiger partial charge in [0.25, 0.3) is 0 Å². The Balaban J connectivity index is 2.38. The Labute approximate surface area is 114 Å². The van der Waals surface area contributed by atoms with Crippen molar-refractivity contribution in [3.05, 3.63) is 0 Å². The van der Waals surface area contributed by atoms with Gasteiger partial charge in [-0.3, -0.25) is 4.79 Å². The monoisotopic (exact) mass is 297 g/mol. The molecule has 1 saturated carbocycles. The van der Waals surface area contributed by atoms with Crippen molar-refractivity contribution in [1.82, 2.24) is 5.32 Å². The van der Waals surface area contributed by atoms with Crippen molar-refractivity contribution in [2.75, 3.05) is 19.8 Å². The Morgan fingerprint density at radius 3 is 2.50 bits per heavy atom. The summed E-state index contributed by atoms with van der Waals surface area (Å²) >= 11 is 0. The molecule has 20 heavy (non-hydrogen) atoms. The SMILES string of the molecule is O=C(O)COCCNC(=O)C1CCCCC1C(F)(F)F. The van der Waals surface area contributed by atoms with Gasteiger partial charge in [0.1, 0.15) is 6.61 Å². The van der Waals surface area contributed by atoms with Gasteiger partial charge in [-0.2, -0.15) is 13.2 Å². The number of rotatable bonds is 6. The molecule has 2 atom stereocenters. The molecule has 0 radical (unpaired) electrons. The predicted molar refractivity (Wildman–Crippen MR) is 63.0 cm³/mol. The smallest absolute Gasteiger partial charge is 0.392 e. The molecular weight excluding hydrogens is 279 g/mol. The number of nitrogens with one attached hydrogen (secondary N) is 1. The maximum atomic E-state index is 12.8. The molecule has 116 valence electrons. The van der Waals surface area contributed by atoms with Crippen molar-refractivity contribution in [2.45, 2.75) is 31.9 Å². The van der Waals surface area contributed by atoms with Crippen molar-refractivity contribution in [3.63, 3.8) is 0 Å². The van der Waals surface area contributed by atoms with Crippen LogP contribution < -0.4 is 5.32 Å². The van der Waals surface area contributed by atoms with Crippen LogP contribution in [-0.4, -0.2) is 42.9 Å². The first-order chi connectivity index (χ1) is 9.32. The number of carbonyl (C=O) groups excluding carboxylic acids is 1. The lowest BCUT2D eigenvalue weighted by molar-refractivity contribution is -0.198. The highest BCUT2D eigenvalue weighted by atomic mass is 19.4. The highest BCUT2D eigenvalue weighted by molar-refractivity contribution is 5.79. The van der Waals surface area contributed by atoms with Crippen LogP contribution >= 0.6 is 0 Å². The largest absolute Gasteiger partial charge is 0.480 e. The number of amides is 1. The van der Waals surface area contributed by atoms with E-state index in [1.54, 1.807) is 0 Å². The van der Waals surface area contributed by atoms with E-state index < -0.39 is 36.5 Å². The van der Waals surface area contributed by atoms with E-state index in [0.717, 1.165) is 0 Å². The molecule has 0 aliphatic heterocycles. The summed E-state index contributed by atoms with van der Waals surface area (Å²) < 4.78 is 43.1. The molecule has 0 aromatic rings.